The van der Waals surface area contributed by atoms with E-state index in [1.165, 1.54) is 32.1 Å². The second-order valence-electron chi connectivity index (χ2n) is 7.31. The SMILES string of the molecule is CCS(=O)(=O)NCCCNC(=NC)NCC1(CC(C)C)CCCC1.I. The molecule has 0 heterocycles. The third-order valence-corrected chi connectivity index (χ3v) is 6.11. The molecule has 0 aliphatic heterocycles. The average Bonchev–Trinajstić information content (AvgIpc) is 2.97. The minimum atomic E-state index is -3.09. The summed E-state index contributed by atoms with van der Waals surface area (Å²) >= 11 is 0. The minimum absolute atomic E-state index is 0. The van der Waals surface area contributed by atoms with E-state index in [0.717, 1.165) is 18.9 Å². The van der Waals surface area contributed by atoms with E-state index in [0.29, 0.717) is 24.4 Å². The Labute approximate surface area is 171 Å². The molecule has 1 rings (SSSR count). The van der Waals surface area contributed by atoms with Gasteiger partial charge in [-0.05, 0) is 43.9 Å². The molecule has 1 saturated carbocycles. The molecule has 8 heteroatoms. The van der Waals surface area contributed by atoms with Crippen LogP contribution in [0.15, 0.2) is 4.99 Å². The first-order chi connectivity index (χ1) is 11.3. The molecule has 0 radical (unpaired) electrons. The lowest BCUT2D eigenvalue weighted by atomic mass is 9.78. The molecule has 0 aromatic rings. The molecule has 1 aliphatic carbocycles. The lowest BCUT2D eigenvalue weighted by Gasteiger charge is -2.32. The van der Waals surface area contributed by atoms with Crippen LogP contribution in [0.4, 0.5) is 0 Å². The standard InChI is InChI=1S/C17H36N4O2S.HI/c1-5-24(22,23)21-12-8-11-19-16(18-4)20-14-17(13-15(2)3)9-6-7-10-17;/h15,21H,5-14H2,1-4H3,(H2,18,19,20);1H. The summed E-state index contributed by atoms with van der Waals surface area (Å²) in [7, 11) is -1.31. The third kappa shape index (κ3) is 9.98. The first-order valence-corrected chi connectivity index (χ1v) is 10.9. The average molecular weight is 488 g/mol. The van der Waals surface area contributed by atoms with Crippen LogP contribution in [0.1, 0.15) is 59.3 Å². The summed E-state index contributed by atoms with van der Waals surface area (Å²) in [5, 5.41) is 6.75. The second kappa shape index (κ2) is 12.3. The van der Waals surface area contributed by atoms with Crippen molar-refractivity contribution in [2.24, 2.45) is 16.3 Å². The van der Waals surface area contributed by atoms with Crippen LogP contribution in [0.5, 0.6) is 0 Å². The molecule has 0 unspecified atom stereocenters. The fourth-order valence-corrected chi connectivity index (χ4v) is 4.22. The van der Waals surface area contributed by atoms with Crippen LogP contribution in [0.3, 0.4) is 0 Å². The van der Waals surface area contributed by atoms with Gasteiger partial charge in [0, 0.05) is 26.7 Å². The zero-order valence-corrected chi connectivity index (χ0v) is 19.4. The molecule has 0 atom stereocenters. The fraction of sp³-hybridized carbons (Fsp3) is 0.941. The molecule has 0 aromatic heterocycles. The summed E-state index contributed by atoms with van der Waals surface area (Å²) < 4.78 is 25.3. The highest BCUT2D eigenvalue weighted by atomic mass is 127. The van der Waals surface area contributed by atoms with Crippen molar-refractivity contribution in [3.63, 3.8) is 0 Å². The Morgan fingerprint density at radius 3 is 2.32 bits per heavy atom. The van der Waals surface area contributed by atoms with Crippen LogP contribution >= 0.6 is 24.0 Å². The van der Waals surface area contributed by atoms with Crippen LogP contribution in [-0.2, 0) is 10.0 Å². The molecule has 25 heavy (non-hydrogen) atoms. The predicted molar refractivity (Wildman–Crippen MR) is 117 cm³/mol. The molecule has 150 valence electrons. The lowest BCUT2D eigenvalue weighted by Crippen LogP contribution is -2.44. The first kappa shape index (κ1) is 24.9. The second-order valence-corrected chi connectivity index (χ2v) is 9.40. The Morgan fingerprint density at radius 1 is 1.16 bits per heavy atom. The van der Waals surface area contributed by atoms with Gasteiger partial charge in [0.2, 0.25) is 10.0 Å². The molecule has 1 aliphatic rings. The number of hydrogen-bond acceptors (Lipinski definition) is 3. The van der Waals surface area contributed by atoms with Crippen LogP contribution in [0, 0.1) is 11.3 Å². The molecule has 0 amide bonds. The van der Waals surface area contributed by atoms with Gasteiger partial charge in [-0.1, -0.05) is 26.7 Å². The third-order valence-electron chi connectivity index (χ3n) is 4.71. The molecule has 0 bridgehead atoms. The topological polar surface area (TPSA) is 82.6 Å². The maximum absolute atomic E-state index is 11.4. The Balaban J connectivity index is 0.00000576. The van der Waals surface area contributed by atoms with Crippen molar-refractivity contribution < 1.29 is 8.42 Å². The number of nitrogens with zero attached hydrogens (tertiary/aromatic N) is 1. The molecular weight excluding hydrogens is 451 g/mol. The van der Waals surface area contributed by atoms with Gasteiger partial charge < -0.3 is 10.6 Å². The predicted octanol–water partition coefficient (Wildman–Crippen LogP) is 2.71. The number of halogens is 1. The van der Waals surface area contributed by atoms with E-state index < -0.39 is 10.0 Å². The summed E-state index contributed by atoms with van der Waals surface area (Å²) in [6, 6.07) is 0. The zero-order chi connectivity index (χ0) is 18.1. The lowest BCUT2D eigenvalue weighted by molar-refractivity contribution is 0.235. The summed E-state index contributed by atoms with van der Waals surface area (Å²) in [4.78, 5) is 4.28. The fourth-order valence-electron chi connectivity index (χ4n) is 3.56. The van der Waals surface area contributed by atoms with Crippen molar-refractivity contribution in [1.29, 1.82) is 0 Å². The molecule has 6 nitrogen and oxygen atoms in total. The normalized spacial score (nSPS) is 17.4. The molecule has 1 fully saturated rings. The van der Waals surface area contributed by atoms with E-state index in [4.69, 9.17) is 0 Å². The number of hydrogen-bond donors (Lipinski definition) is 3. The van der Waals surface area contributed by atoms with Gasteiger partial charge in [0.05, 0.1) is 5.75 Å². The Bertz CT molecular complexity index is 489. The van der Waals surface area contributed by atoms with Gasteiger partial charge in [0.15, 0.2) is 5.96 Å². The smallest absolute Gasteiger partial charge is 0.211 e. The zero-order valence-electron chi connectivity index (χ0n) is 16.2. The first-order valence-electron chi connectivity index (χ1n) is 9.24. The number of guanidine groups is 1. The summed E-state index contributed by atoms with van der Waals surface area (Å²) in [6.07, 6.45) is 7.25. The Hall–Kier alpha value is -0.0900. The van der Waals surface area contributed by atoms with Crippen LogP contribution in [-0.4, -0.2) is 46.8 Å². The maximum atomic E-state index is 11.4. The van der Waals surface area contributed by atoms with Crippen LogP contribution in [0.2, 0.25) is 0 Å². The molecule has 0 aromatic carbocycles. The molecular formula is C17H37IN4O2S. The van der Waals surface area contributed by atoms with Crippen molar-refractivity contribution >= 4 is 40.0 Å². The highest BCUT2D eigenvalue weighted by Gasteiger charge is 2.34. The van der Waals surface area contributed by atoms with Gasteiger partial charge >= 0.3 is 0 Å². The van der Waals surface area contributed by atoms with Crippen molar-refractivity contribution in [3.8, 4) is 0 Å². The van der Waals surface area contributed by atoms with E-state index in [-0.39, 0.29) is 29.7 Å². The molecule has 0 saturated heterocycles. The molecule has 3 N–H and O–H groups in total. The Kier molecular flexibility index (Phi) is 12.3. The van der Waals surface area contributed by atoms with Crippen molar-refractivity contribution in [3.05, 3.63) is 0 Å². The van der Waals surface area contributed by atoms with Crippen molar-refractivity contribution in [2.45, 2.75) is 59.3 Å². The van der Waals surface area contributed by atoms with Gasteiger partial charge in [0.1, 0.15) is 0 Å². The summed E-state index contributed by atoms with van der Waals surface area (Å²) in [5.41, 5.74) is 0.405. The highest BCUT2D eigenvalue weighted by molar-refractivity contribution is 14.0. The van der Waals surface area contributed by atoms with Crippen LogP contribution < -0.4 is 15.4 Å². The maximum Gasteiger partial charge on any atom is 0.211 e. The number of nitrogens with one attached hydrogen (secondary N) is 3. The van der Waals surface area contributed by atoms with Gasteiger partial charge in [-0.3, -0.25) is 4.99 Å². The molecule has 0 spiro atoms. The number of sulfonamides is 1. The quantitative estimate of drug-likeness (QED) is 0.191. The van der Waals surface area contributed by atoms with Gasteiger partial charge in [-0.15, -0.1) is 24.0 Å². The summed E-state index contributed by atoms with van der Waals surface area (Å²) in [6.45, 7) is 8.35. The van der Waals surface area contributed by atoms with Gasteiger partial charge in [-0.25, -0.2) is 13.1 Å². The van der Waals surface area contributed by atoms with E-state index in [2.05, 4.69) is 34.2 Å². The van der Waals surface area contributed by atoms with Gasteiger partial charge in [0.25, 0.3) is 0 Å². The van der Waals surface area contributed by atoms with Gasteiger partial charge in [-0.2, -0.15) is 0 Å². The summed E-state index contributed by atoms with van der Waals surface area (Å²) in [5.74, 6) is 1.65. The Morgan fingerprint density at radius 2 is 1.80 bits per heavy atom. The van der Waals surface area contributed by atoms with E-state index in [1.807, 2.05) is 0 Å². The monoisotopic (exact) mass is 488 g/mol. The van der Waals surface area contributed by atoms with Crippen LogP contribution in [0.25, 0.3) is 0 Å². The number of aliphatic imine (C=N–C) groups is 1. The number of rotatable bonds is 10. The van der Waals surface area contributed by atoms with E-state index in [1.54, 1.807) is 14.0 Å². The van der Waals surface area contributed by atoms with E-state index in [9.17, 15) is 8.42 Å². The van der Waals surface area contributed by atoms with Crippen molar-refractivity contribution in [2.75, 3.05) is 32.4 Å². The largest absolute Gasteiger partial charge is 0.356 e. The highest BCUT2D eigenvalue weighted by Crippen LogP contribution is 2.42. The van der Waals surface area contributed by atoms with E-state index >= 15 is 0 Å². The van der Waals surface area contributed by atoms with Crippen molar-refractivity contribution in [1.82, 2.24) is 15.4 Å². The minimum Gasteiger partial charge on any atom is -0.356 e.